The Morgan fingerprint density at radius 1 is 1.43 bits per heavy atom. The van der Waals surface area contributed by atoms with Crippen LogP contribution in [-0.2, 0) is 25.0 Å². The summed E-state index contributed by atoms with van der Waals surface area (Å²) in [5.41, 5.74) is -0.660. The number of halogens is 1. The molecule has 11 heteroatoms. The summed E-state index contributed by atoms with van der Waals surface area (Å²) >= 11 is 0. The van der Waals surface area contributed by atoms with Gasteiger partial charge in [0, 0.05) is 26.2 Å². The molecule has 1 saturated heterocycles. The number of nitrogens with one attached hydrogen (secondary N) is 1. The van der Waals surface area contributed by atoms with Crippen LogP contribution in [0.25, 0.3) is 0 Å². The monoisotopic (exact) mass is 438 g/mol. The zero-order valence-corrected chi connectivity index (χ0v) is 17.5. The number of fused-ring (bicyclic) bond motifs is 1. The van der Waals surface area contributed by atoms with Gasteiger partial charge in [0.2, 0.25) is 21.8 Å². The van der Waals surface area contributed by atoms with Gasteiger partial charge in [-0.1, -0.05) is 17.3 Å². The maximum absolute atomic E-state index is 14.0. The number of carbonyl (C=O) groups is 1. The Kier molecular flexibility index (Phi) is 5.37. The Morgan fingerprint density at radius 2 is 2.20 bits per heavy atom. The van der Waals surface area contributed by atoms with Crippen LogP contribution in [0.4, 0.5) is 4.39 Å². The molecule has 9 nitrogen and oxygen atoms in total. The molecule has 1 saturated carbocycles. The Morgan fingerprint density at radius 3 is 2.87 bits per heavy atom. The standard InChI is InChI=1S/C19H23FN4O5S/c1-12-21-18(29-22-12)19-8-14(7-13(19)9-24(11-19)17(25)10-28-2)23-30(26,27)16-6-4-3-5-15(16)20/h3-6,13-14,23H,7-11H2,1-2H3. The van der Waals surface area contributed by atoms with Crippen molar-refractivity contribution in [3.05, 3.63) is 41.8 Å². The molecule has 1 N–H and O–H groups in total. The zero-order valence-electron chi connectivity index (χ0n) is 16.7. The fourth-order valence-corrected chi connectivity index (χ4v) is 5.97. The summed E-state index contributed by atoms with van der Waals surface area (Å²) in [7, 11) is -2.58. The number of hydrogen-bond donors (Lipinski definition) is 1. The number of aromatic nitrogens is 2. The normalized spacial score (nSPS) is 26.2. The molecule has 1 aliphatic carbocycles. The number of nitrogens with zero attached hydrogens (tertiary/aromatic N) is 3. The van der Waals surface area contributed by atoms with E-state index in [0.29, 0.717) is 37.6 Å². The van der Waals surface area contributed by atoms with Crippen molar-refractivity contribution in [1.82, 2.24) is 19.8 Å². The summed E-state index contributed by atoms with van der Waals surface area (Å²) in [6, 6.07) is 4.80. The van der Waals surface area contributed by atoms with Gasteiger partial charge in [0.25, 0.3) is 0 Å². The summed E-state index contributed by atoms with van der Waals surface area (Å²) in [5.74, 6) is -0.167. The van der Waals surface area contributed by atoms with Crippen LogP contribution in [0.15, 0.2) is 33.7 Å². The van der Waals surface area contributed by atoms with Crippen molar-refractivity contribution in [1.29, 1.82) is 0 Å². The van der Waals surface area contributed by atoms with Crippen LogP contribution in [0.3, 0.4) is 0 Å². The molecule has 0 radical (unpaired) electrons. The molecule has 2 heterocycles. The number of methoxy groups -OCH3 is 1. The van der Waals surface area contributed by atoms with Crippen LogP contribution in [0.1, 0.15) is 24.6 Å². The molecular weight excluding hydrogens is 415 g/mol. The van der Waals surface area contributed by atoms with E-state index in [1.165, 1.54) is 25.3 Å². The SMILES string of the molecule is COCC(=O)N1CC2CC(NS(=O)(=O)c3ccccc3F)CC2(c2nc(C)no2)C1. The van der Waals surface area contributed by atoms with Crippen LogP contribution >= 0.6 is 0 Å². The minimum Gasteiger partial charge on any atom is -0.375 e. The second-order valence-electron chi connectivity index (χ2n) is 7.90. The third-order valence-corrected chi connectivity index (χ3v) is 7.45. The van der Waals surface area contributed by atoms with Gasteiger partial charge in [0.05, 0.1) is 5.41 Å². The predicted molar refractivity (Wildman–Crippen MR) is 102 cm³/mol. The highest BCUT2D eigenvalue weighted by Crippen LogP contribution is 2.50. The molecule has 1 aliphatic heterocycles. The maximum Gasteiger partial charge on any atom is 0.248 e. The lowest BCUT2D eigenvalue weighted by molar-refractivity contribution is -0.134. The largest absolute Gasteiger partial charge is 0.375 e. The molecule has 3 atom stereocenters. The van der Waals surface area contributed by atoms with E-state index in [4.69, 9.17) is 9.26 Å². The van der Waals surface area contributed by atoms with E-state index < -0.39 is 27.3 Å². The smallest absolute Gasteiger partial charge is 0.248 e. The van der Waals surface area contributed by atoms with Gasteiger partial charge in [-0.2, -0.15) is 4.98 Å². The first-order valence-electron chi connectivity index (χ1n) is 9.59. The van der Waals surface area contributed by atoms with Gasteiger partial charge in [-0.05, 0) is 37.8 Å². The Bertz CT molecular complexity index is 1060. The van der Waals surface area contributed by atoms with E-state index in [1.54, 1.807) is 11.8 Å². The van der Waals surface area contributed by atoms with Crippen molar-refractivity contribution >= 4 is 15.9 Å². The average molecular weight is 438 g/mol. The number of sulfonamides is 1. The van der Waals surface area contributed by atoms with Crippen molar-refractivity contribution in [3.63, 3.8) is 0 Å². The number of aryl methyl sites for hydroxylation is 1. The molecule has 2 aromatic rings. The van der Waals surface area contributed by atoms with Gasteiger partial charge in [-0.25, -0.2) is 17.5 Å². The number of carbonyl (C=O) groups excluding carboxylic acids is 1. The zero-order chi connectivity index (χ0) is 21.5. The van der Waals surface area contributed by atoms with E-state index in [0.717, 1.165) is 6.07 Å². The highest BCUT2D eigenvalue weighted by molar-refractivity contribution is 7.89. The highest BCUT2D eigenvalue weighted by Gasteiger charge is 2.58. The van der Waals surface area contributed by atoms with E-state index in [2.05, 4.69) is 14.9 Å². The number of hydrogen-bond acceptors (Lipinski definition) is 7. The molecule has 1 aromatic carbocycles. The van der Waals surface area contributed by atoms with E-state index in [1.807, 2.05) is 0 Å². The van der Waals surface area contributed by atoms with Crippen molar-refractivity contribution in [2.24, 2.45) is 5.92 Å². The van der Waals surface area contributed by atoms with E-state index in [9.17, 15) is 17.6 Å². The molecule has 3 unspecified atom stereocenters. The Labute approximate surface area is 173 Å². The molecule has 2 fully saturated rings. The Balaban J connectivity index is 1.60. The van der Waals surface area contributed by atoms with Gasteiger partial charge in [0.1, 0.15) is 17.3 Å². The average Bonchev–Trinajstić information content (AvgIpc) is 3.34. The highest BCUT2D eigenvalue weighted by atomic mass is 32.2. The maximum atomic E-state index is 14.0. The van der Waals surface area contributed by atoms with Gasteiger partial charge >= 0.3 is 0 Å². The summed E-state index contributed by atoms with van der Waals surface area (Å²) in [5, 5.41) is 3.88. The van der Waals surface area contributed by atoms with Gasteiger partial charge in [-0.15, -0.1) is 0 Å². The first-order chi connectivity index (χ1) is 14.2. The van der Waals surface area contributed by atoms with E-state index >= 15 is 0 Å². The summed E-state index contributed by atoms with van der Waals surface area (Å²) < 4.78 is 52.6. The number of rotatable bonds is 6. The van der Waals surface area contributed by atoms with Gasteiger partial charge in [-0.3, -0.25) is 4.79 Å². The summed E-state index contributed by atoms with van der Waals surface area (Å²) in [4.78, 5) is 18.1. The molecule has 162 valence electrons. The van der Waals surface area contributed by atoms with Crippen molar-refractivity contribution in [2.45, 2.75) is 36.1 Å². The number of likely N-dealkylation sites (tertiary alicyclic amines) is 1. The minimum absolute atomic E-state index is 0.0327. The molecule has 1 amide bonds. The quantitative estimate of drug-likeness (QED) is 0.716. The summed E-state index contributed by atoms with van der Waals surface area (Å²) in [6.45, 7) is 2.44. The molecule has 1 aromatic heterocycles. The van der Waals surface area contributed by atoms with E-state index in [-0.39, 0.29) is 23.3 Å². The third kappa shape index (κ3) is 3.61. The molecular formula is C19H23FN4O5S. The topological polar surface area (TPSA) is 115 Å². The number of benzene rings is 1. The molecule has 4 rings (SSSR count). The fourth-order valence-electron chi connectivity index (χ4n) is 4.64. The number of amides is 1. The molecule has 2 aliphatic rings. The lowest BCUT2D eigenvalue weighted by Gasteiger charge is -2.25. The summed E-state index contributed by atoms with van der Waals surface area (Å²) in [6.07, 6.45) is 0.829. The van der Waals surface area contributed by atoms with Crippen molar-refractivity contribution < 1.29 is 26.9 Å². The molecule has 0 bridgehead atoms. The molecule has 0 spiro atoms. The van der Waals surface area contributed by atoms with Crippen LogP contribution in [-0.4, -0.2) is 62.2 Å². The third-order valence-electron chi connectivity index (χ3n) is 5.90. The lowest BCUT2D eigenvalue weighted by atomic mass is 9.80. The lowest BCUT2D eigenvalue weighted by Crippen LogP contribution is -2.40. The molecule has 30 heavy (non-hydrogen) atoms. The van der Waals surface area contributed by atoms with Crippen LogP contribution in [0, 0.1) is 18.7 Å². The predicted octanol–water partition coefficient (Wildman–Crippen LogP) is 1.00. The second kappa shape index (κ2) is 7.71. The minimum atomic E-state index is -4.04. The fraction of sp³-hybridized carbons (Fsp3) is 0.526. The second-order valence-corrected chi connectivity index (χ2v) is 9.58. The van der Waals surface area contributed by atoms with Crippen molar-refractivity contribution in [3.8, 4) is 0 Å². The van der Waals surface area contributed by atoms with Gasteiger partial charge in [0.15, 0.2) is 5.82 Å². The first-order valence-corrected chi connectivity index (χ1v) is 11.1. The van der Waals surface area contributed by atoms with Crippen LogP contribution in [0.5, 0.6) is 0 Å². The first kappa shape index (κ1) is 20.9. The van der Waals surface area contributed by atoms with Gasteiger partial charge < -0.3 is 14.2 Å². The number of ether oxygens (including phenoxy) is 1. The van der Waals surface area contributed by atoms with Crippen LogP contribution in [0.2, 0.25) is 0 Å². The van der Waals surface area contributed by atoms with Crippen molar-refractivity contribution in [2.75, 3.05) is 26.8 Å². The van der Waals surface area contributed by atoms with Crippen LogP contribution < -0.4 is 4.72 Å². The Hall–Kier alpha value is -2.37.